The van der Waals surface area contributed by atoms with Gasteiger partial charge in [0.05, 0.1) is 10.7 Å². The summed E-state index contributed by atoms with van der Waals surface area (Å²) in [7, 11) is 0. The number of carbonyl (C=O) groups excluding carboxylic acids is 1. The van der Waals surface area contributed by atoms with Crippen LogP contribution in [0.15, 0.2) is 0 Å². The first-order valence-corrected chi connectivity index (χ1v) is 7.04. The fourth-order valence-corrected chi connectivity index (χ4v) is 2.42. The van der Waals surface area contributed by atoms with E-state index in [0.717, 1.165) is 22.0 Å². The Bertz CT molecular complexity index is 418. The molecule has 1 aromatic rings. The van der Waals surface area contributed by atoms with E-state index in [-0.39, 0.29) is 5.91 Å². The Morgan fingerprint density at radius 1 is 1.50 bits per heavy atom. The highest BCUT2D eigenvalue weighted by atomic mass is 32.1. The first kappa shape index (κ1) is 15.1. The Kier molecular flexibility index (Phi) is 4.87. The van der Waals surface area contributed by atoms with Gasteiger partial charge in [0.1, 0.15) is 4.88 Å². The van der Waals surface area contributed by atoms with Crippen molar-refractivity contribution in [3.8, 4) is 0 Å². The number of nitrogens with one attached hydrogen (secondary N) is 1. The SMILES string of the molecule is Cc1nc(CC(C)C)c(C(=O)NCC(C)(C)N)s1. The lowest BCUT2D eigenvalue weighted by molar-refractivity contribution is 0.0949. The van der Waals surface area contributed by atoms with Crippen molar-refractivity contribution >= 4 is 17.2 Å². The molecule has 5 heteroatoms. The average Bonchev–Trinajstić information content (AvgIpc) is 2.53. The van der Waals surface area contributed by atoms with Crippen molar-refractivity contribution in [1.82, 2.24) is 10.3 Å². The van der Waals surface area contributed by atoms with Gasteiger partial charge in [-0.3, -0.25) is 4.79 Å². The molecule has 0 unspecified atom stereocenters. The van der Waals surface area contributed by atoms with E-state index in [1.165, 1.54) is 11.3 Å². The summed E-state index contributed by atoms with van der Waals surface area (Å²) in [6, 6.07) is 0. The summed E-state index contributed by atoms with van der Waals surface area (Å²) in [5.41, 5.74) is 6.37. The summed E-state index contributed by atoms with van der Waals surface area (Å²) >= 11 is 1.45. The van der Waals surface area contributed by atoms with Gasteiger partial charge in [-0.1, -0.05) is 13.8 Å². The smallest absolute Gasteiger partial charge is 0.263 e. The van der Waals surface area contributed by atoms with E-state index in [2.05, 4.69) is 24.1 Å². The fourth-order valence-electron chi connectivity index (χ4n) is 1.56. The Hall–Kier alpha value is -0.940. The Balaban J connectivity index is 2.78. The third-order valence-electron chi connectivity index (χ3n) is 2.32. The normalized spacial score (nSPS) is 11.9. The monoisotopic (exact) mass is 269 g/mol. The third kappa shape index (κ3) is 4.74. The van der Waals surface area contributed by atoms with Crippen LogP contribution in [0, 0.1) is 12.8 Å². The Labute approximate surface area is 113 Å². The van der Waals surface area contributed by atoms with Crippen molar-refractivity contribution in [1.29, 1.82) is 0 Å². The quantitative estimate of drug-likeness (QED) is 0.860. The molecule has 0 aliphatic heterocycles. The molecule has 3 N–H and O–H groups in total. The molecule has 1 rings (SSSR count). The van der Waals surface area contributed by atoms with E-state index in [9.17, 15) is 4.79 Å². The van der Waals surface area contributed by atoms with Gasteiger partial charge in [-0.2, -0.15) is 0 Å². The minimum Gasteiger partial charge on any atom is -0.349 e. The van der Waals surface area contributed by atoms with E-state index in [1.54, 1.807) is 0 Å². The van der Waals surface area contributed by atoms with Crippen molar-refractivity contribution in [3.05, 3.63) is 15.6 Å². The number of hydrogen-bond donors (Lipinski definition) is 2. The van der Waals surface area contributed by atoms with Crippen LogP contribution < -0.4 is 11.1 Å². The molecule has 0 aliphatic carbocycles. The topological polar surface area (TPSA) is 68.0 Å². The molecule has 0 saturated heterocycles. The zero-order chi connectivity index (χ0) is 13.9. The van der Waals surface area contributed by atoms with Gasteiger partial charge in [-0.05, 0) is 33.1 Å². The van der Waals surface area contributed by atoms with Gasteiger partial charge in [-0.15, -0.1) is 11.3 Å². The average molecular weight is 269 g/mol. The van der Waals surface area contributed by atoms with E-state index in [4.69, 9.17) is 5.73 Å². The van der Waals surface area contributed by atoms with Crippen molar-refractivity contribution in [2.24, 2.45) is 11.7 Å². The van der Waals surface area contributed by atoms with E-state index in [0.29, 0.717) is 12.5 Å². The van der Waals surface area contributed by atoms with Gasteiger partial charge in [0, 0.05) is 12.1 Å². The number of nitrogens with two attached hydrogens (primary N) is 1. The number of thiazole rings is 1. The van der Waals surface area contributed by atoms with Crippen LogP contribution in [-0.4, -0.2) is 23.0 Å². The summed E-state index contributed by atoms with van der Waals surface area (Å²) < 4.78 is 0. The second-order valence-corrected chi connectivity index (χ2v) is 6.98. The molecule has 102 valence electrons. The van der Waals surface area contributed by atoms with Crippen LogP contribution in [-0.2, 0) is 6.42 Å². The van der Waals surface area contributed by atoms with Crippen LogP contribution in [0.25, 0.3) is 0 Å². The van der Waals surface area contributed by atoms with Crippen molar-refractivity contribution < 1.29 is 4.79 Å². The highest BCUT2D eigenvalue weighted by Gasteiger charge is 2.19. The zero-order valence-electron chi connectivity index (χ0n) is 11.8. The van der Waals surface area contributed by atoms with Crippen LogP contribution in [0.3, 0.4) is 0 Å². The number of amides is 1. The van der Waals surface area contributed by atoms with E-state index in [1.807, 2.05) is 20.8 Å². The largest absolute Gasteiger partial charge is 0.349 e. The molecule has 0 aromatic carbocycles. The summed E-state index contributed by atoms with van der Waals surface area (Å²) in [4.78, 5) is 17.3. The summed E-state index contributed by atoms with van der Waals surface area (Å²) in [6.07, 6.45) is 0.832. The van der Waals surface area contributed by atoms with Crippen LogP contribution >= 0.6 is 11.3 Å². The molecule has 0 aliphatic rings. The van der Waals surface area contributed by atoms with Crippen LogP contribution in [0.4, 0.5) is 0 Å². The second-order valence-electron chi connectivity index (χ2n) is 5.78. The van der Waals surface area contributed by atoms with Gasteiger partial charge in [0.15, 0.2) is 0 Å². The molecule has 0 fully saturated rings. The first-order valence-electron chi connectivity index (χ1n) is 6.22. The minimum absolute atomic E-state index is 0.0604. The highest BCUT2D eigenvalue weighted by Crippen LogP contribution is 2.20. The Morgan fingerprint density at radius 2 is 2.11 bits per heavy atom. The molecule has 0 spiro atoms. The van der Waals surface area contributed by atoms with Crippen molar-refractivity contribution in [2.75, 3.05) is 6.54 Å². The maximum Gasteiger partial charge on any atom is 0.263 e. The summed E-state index contributed by atoms with van der Waals surface area (Å²) in [6.45, 7) is 10.4. The van der Waals surface area contributed by atoms with Crippen molar-refractivity contribution in [2.45, 2.75) is 46.6 Å². The summed E-state index contributed by atoms with van der Waals surface area (Å²) in [5, 5.41) is 3.81. The lowest BCUT2D eigenvalue weighted by Crippen LogP contribution is -2.45. The van der Waals surface area contributed by atoms with Crippen LogP contribution in [0.5, 0.6) is 0 Å². The number of aryl methyl sites for hydroxylation is 1. The minimum atomic E-state index is -0.395. The van der Waals surface area contributed by atoms with Gasteiger partial charge >= 0.3 is 0 Å². The lowest BCUT2D eigenvalue weighted by Gasteiger charge is -2.18. The lowest BCUT2D eigenvalue weighted by atomic mass is 10.1. The number of carbonyl (C=O) groups is 1. The fraction of sp³-hybridized carbons (Fsp3) is 0.692. The van der Waals surface area contributed by atoms with Crippen LogP contribution in [0.1, 0.15) is 48.1 Å². The summed E-state index contributed by atoms with van der Waals surface area (Å²) in [5.74, 6) is 0.429. The van der Waals surface area contributed by atoms with Gasteiger partial charge in [-0.25, -0.2) is 4.98 Å². The maximum absolute atomic E-state index is 12.1. The molecule has 18 heavy (non-hydrogen) atoms. The van der Waals surface area contributed by atoms with Gasteiger partial charge in [0.2, 0.25) is 0 Å². The third-order valence-corrected chi connectivity index (χ3v) is 3.33. The van der Waals surface area contributed by atoms with E-state index >= 15 is 0 Å². The Morgan fingerprint density at radius 3 is 2.61 bits per heavy atom. The molecule has 1 aromatic heterocycles. The molecule has 0 radical (unpaired) electrons. The van der Waals surface area contributed by atoms with E-state index < -0.39 is 5.54 Å². The first-order chi connectivity index (χ1) is 8.19. The van der Waals surface area contributed by atoms with Crippen LogP contribution in [0.2, 0.25) is 0 Å². The van der Waals surface area contributed by atoms with Crippen molar-refractivity contribution in [3.63, 3.8) is 0 Å². The molecule has 1 heterocycles. The standard InChI is InChI=1S/C13H23N3OS/c1-8(2)6-10-11(18-9(3)16-10)12(17)15-7-13(4,5)14/h8H,6-7,14H2,1-5H3,(H,15,17). The molecule has 0 saturated carbocycles. The molecule has 0 bridgehead atoms. The number of hydrogen-bond acceptors (Lipinski definition) is 4. The molecular weight excluding hydrogens is 246 g/mol. The zero-order valence-corrected chi connectivity index (χ0v) is 12.6. The molecule has 4 nitrogen and oxygen atoms in total. The highest BCUT2D eigenvalue weighted by molar-refractivity contribution is 7.13. The molecular formula is C13H23N3OS. The predicted molar refractivity (Wildman–Crippen MR) is 76.0 cm³/mol. The predicted octanol–water partition coefficient (Wildman–Crippen LogP) is 2.12. The number of rotatable bonds is 5. The van der Waals surface area contributed by atoms with Gasteiger partial charge in [0.25, 0.3) is 5.91 Å². The number of nitrogens with zero attached hydrogens (tertiary/aromatic N) is 1. The number of aromatic nitrogens is 1. The van der Waals surface area contributed by atoms with Gasteiger partial charge < -0.3 is 11.1 Å². The second kappa shape index (κ2) is 5.80. The maximum atomic E-state index is 12.1. The molecule has 0 atom stereocenters. The molecule has 1 amide bonds.